The predicted molar refractivity (Wildman–Crippen MR) is 90.9 cm³/mol. The van der Waals surface area contributed by atoms with E-state index >= 15 is 0 Å². The van der Waals surface area contributed by atoms with Crippen molar-refractivity contribution in [3.05, 3.63) is 27.1 Å². The molecule has 5 nitrogen and oxygen atoms in total. The van der Waals surface area contributed by atoms with Gasteiger partial charge in [0.25, 0.3) is 5.56 Å². The number of aromatic nitrogens is 2. The summed E-state index contributed by atoms with van der Waals surface area (Å²) in [5, 5.41) is 0.677. The van der Waals surface area contributed by atoms with Crippen LogP contribution in [0, 0.1) is 13.8 Å². The molecule has 0 bridgehead atoms. The molecule has 1 aliphatic carbocycles. The van der Waals surface area contributed by atoms with E-state index in [1.54, 1.807) is 0 Å². The van der Waals surface area contributed by atoms with E-state index in [4.69, 9.17) is 4.74 Å². The molecule has 0 N–H and O–H groups in total. The van der Waals surface area contributed by atoms with E-state index in [-0.39, 0.29) is 24.1 Å². The third-order valence-corrected chi connectivity index (χ3v) is 5.68. The molecule has 1 saturated carbocycles. The molecule has 0 saturated heterocycles. The van der Waals surface area contributed by atoms with Crippen molar-refractivity contribution in [1.82, 2.24) is 9.55 Å². The monoisotopic (exact) mass is 334 g/mol. The maximum Gasteiger partial charge on any atom is 0.307 e. The Bertz CT molecular complexity index is 772. The zero-order chi connectivity index (χ0) is 16.4. The molecule has 23 heavy (non-hydrogen) atoms. The van der Waals surface area contributed by atoms with Gasteiger partial charge in [-0.15, -0.1) is 11.3 Å². The number of nitrogens with zero attached hydrogens (tertiary/aromatic N) is 2. The summed E-state index contributed by atoms with van der Waals surface area (Å²) in [5.74, 6) is -0.220. The fourth-order valence-corrected chi connectivity index (χ4v) is 4.06. The minimum absolute atomic E-state index is 0.0651. The van der Waals surface area contributed by atoms with Gasteiger partial charge in [-0.05, 0) is 45.1 Å². The number of carbonyl (C=O) groups excluding carboxylic acids is 1. The van der Waals surface area contributed by atoms with Gasteiger partial charge in [0.15, 0.2) is 0 Å². The molecule has 0 spiro atoms. The first kappa shape index (κ1) is 16.2. The smallest absolute Gasteiger partial charge is 0.307 e. The van der Waals surface area contributed by atoms with E-state index in [2.05, 4.69) is 4.98 Å². The number of carbonyl (C=O) groups is 1. The number of fused-ring (bicyclic) bond motifs is 1. The van der Waals surface area contributed by atoms with Crippen molar-refractivity contribution in [3.8, 4) is 0 Å². The Hall–Kier alpha value is -1.69. The van der Waals surface area contributed by atoms with Crippen LogP contribution in [0.5, 0.6) is 0 Å². The summed E-state index contributed by atoms with van der Waals surface area (Å²) in [4.78, 5) is 30.7. The Labute approximate surface area is 139 Å². The van der Waals surface area contributed by atoms with Gasteiger partial charge in [0.2, 0.25) is 0 Å². The van der Waals surface area contributed by atoms with Gasteiger partial charge in [-0.1, -0.05) is 6.42 Å². The molecule has 0 amide bonds. The van der Waals surface area contributed by atoms with Gasteiger partial charge < -0.3 is 4.74 Å². The molecule has 2 heterocycles. The topological polar surface area (TPSA) is 61.2 Å². The van der Waals surface area contributed by atoms with Crippen LogP contribution in [-0.2, 0) is 16.1 Å². The Morgan fingerprint density at radius 1 is 1.35 bits per heavy atom. The Morgan fingerprint density at radius 2 is 2.09 bits per heavy atom. The third-order valence-electron chi connectivity index (χ3n) is 4.56. The van der Waals surface area contributed by atoms with Crippen LogP contribution >= 0.6 is 11.3 Å². The zero-order valence-corrected chi connectivity index (χ0v) is 14.4. The van der Waals surface area contributed by atoms with Crippen LogP contribution in [0.3, 0.4) is 0 Å². The van der Waals surface area contributed by atoms with Crippen molar-refractivity contribution in [2.45, 2.75) is 65.0 Å². The van der Waals surface area contributed by atoms with Crippen LogP contribution in [-0.4, -0.2) is 21.6 Å². The lowest BCUT2D eigenvalue weighted by molar-refractivity contribution is -0.150. The van der Waals surface area contributed by atoms with Crippen LogP contribution in [0.2, 0.25) is 0 Å². The van der Waals surface area contributed by atoms with E-state index in [1.165, 1.54) is 28.7 Å². The minimum Gasteiger partial charge on any atom is -0.462 e. The standard InChI is InChI=1S/C17H22N2O3S/c1-11-12(2)23-16-15(11)17(21)19(10-18-16)9-8-14(20)22-13-6-4-3-5-7-13/h10,13H,3-9H2,1-2H3. The second-order valence-electron chi connectivity index (χ2n) is 6.21. The fraction of sp³-hybridized carbons (Fsp3) is 0.588. The number of rotatable bonds is 4. The fourth-order valence-electron chi connectivity index (χ4n) is 3.07. The highest BCUT2D eigenvalue weighted by atomic mass is 32.1. The molecule has 0 unspecified atom stereocenters. The first-order valence-electron chi connectivity index (χ1n) is 8.21. The van der Waals surface area contributed by atoms with Gasteiger partial charge in [0, 0.05) is 11.4 Å². The number of aryl methyl sites for hydroxylation is 3. The van der Waals surface area contributed by atoms with E-state index in [0.29, 0.717) is 11.9 Å². The summed E-state index contributed by atoms with van der Waals surface area (Å²) in [6.07, 6.45) is 7.24. The molecule has 2 aromatic rings. The zero-order valence-electron chi connectivity index (χ0n) is 13.6. The summed E-state index contributed by atoms with van der Waals surface area (Å²) in [6.45, 7) is 4.26. The van der Waals surface area contributed by atoms with Gasteiger partial charge >= 0.3 is 5.97 Å². The van der Waals surface area contributed by atoms with Crippen molar-refractivity contribution < 1.29 is 9.53 Å². The lowest BCUT2D eigenvalue weighted by Crippen LogP contribution is -2.25. The number of thiophene rings is 1. The Balaban J connectivity index is 1.67. The Morgan fingerprint density at radius 3 is 2.83 bits per heavy atom. The van der Waals surface area contributed by atoms with Crippen LogP contribution in [0.4, 0.5) is 0 Å². The number of esters is 1. The lowest BCUT2D eigenvalue weighted by atomic mass is 9.98. The van der Waals surface area contributed by atoms with Crippen molar-refractivity contribution >= 4 is 27.5 Å². The van der Waals surface area contributed by atoms with Crippen molar-refractivity contribution in [2.75, 3.05) is 0 Å². The van der Waals surface area contributed by atoms with E-state index in [9.17, 15) is 9.59 Å². The van der Waals surface area contributed by atoms with Gasteiger partial charge in [-0.25, -0.2) is 4.98 Å². The van der Waals surface area contributed by atoms with Crippen LogP contribution in [0.15, 0.2) is 11.1 Å². The second-order valence-corrected chi connectivity index (χ2v) is 7.41. The lowest BCUT2D eigenvalue weighted by Gasteiger charge is -2.21. The molecule has 6 heteroatoms. The SMILES string of the molecule is Cc1sc2ncn(CCC(=O)OC3CCCCC3)c(=O)c2c1C. The van der Waals surface area contributed by atoms with Gasteiger partial charge in [0.05, 0.1) is 18.1 Å². The molecule has 1 aliphatic rings. The largest absolute Gasteiger partial charge is 0.462 e. The minimum atomic E-state index is -0.220. The quantitative estimate of drug-likeness (QED) is 0.805. The number of ether oxygens (including phenoxy) is 1. The molecule has 3 rings (SSSR count). The van der Waals surface area contributed by atoms with E-state index in [0.717, 1.165) is 41.0 Å². The normalized spacial score (nSPS) is 15.9. The van der Waals surface area contributed by atoms with Gasteiger partial charge in [0.1, 0.15) is 10.9 Å². The summed E-state index contributed by atoms with van der Waals surface area (Å²) < 4.78 is 7.01. The van der Waals surface area contributed by atoms with E-state index in [1.807, 2.05) is 13.8 Å². The second kappa shape index (κ2) is 6.83. The molecule has 0 radical (unpaired) electrons. The number of hydrogen-bond donors (Lipinski definition) is 0. The van der Waals surface area contributed by atoms with Crippen molar-refractivity contribution in [2.24, 2.45) is 0 Å². The maximum atomic E-state index is 12.5. The average Bonchev–Trinajstić information content (AvgIpc) is 2.83. The molecule has 0 aromatic carbocycles. The van der Waals surface area contributed by atoms with Gasteiger partial charge in [-0.3, -0.25) is 14.2 Å². The molecule has 0 aliphatic heterocycles. The van der Waals surface area contributed by atoms with Gasteiger partial charge in [-0.2, -0.15) is 0 Å². The first-order chi connectivity index (χ1) is 11.1. The molecule has 124 valence electrons. The first-order valence-corrected chi connectivity index (χ1v) is 9.02. The molecular weight excluding hydrogens is 312 g/mol. The third kappa shape index (κ3) is 3.47. The highest BCUT2D eigenvalue weighted by Gasteiger charge is 2.18. The summed E-state index contributed by atoms with van der Waals surface area (Å²) in [5.41, 5.74) is 0.920. The van der Waals surface area contributed by atoms with Crippen LogP contribution in [0.25, 0.3) is 10.2 Å². The molecular formula is C17H22N2O3S. The van der Waals surface area contributed by atoms with E-state index < -0.39 is 0 Å². The molecule has 1 fully saturated rings. The summed E-state index contributed by atoms with van der Waals surface area (Å²) in [6, 6.07) is 0. The highest BCUT2D eigenvalue weighted by Crippen LogP contribution is 2.25. The summed E-state index contributed by atoms with van der Waals surface area (Å²) >= 11 is 1.53. The van der Waals surface area contributed by atoms with Crippen molar-refractivity contribution in [1.29, 1.82) is 0 Å². The highest BCUT2D eigenvalue weighted by molar-refractivity contribution is 7.18. The van der Waals surface area contributed by atoms with Crippen molar-refractivity contribution in [3.63, 3.8) is 0 Å². The van der Waals surface area contributed by atoms with Crippen LogP contribution in [0.1, 0.15) is 49.0 Å². The van der Waals surface area contributed by atoms with Crippen LogP contribution < -0.4 is 5.56 Å². The molecule has 0 atom stereocenters. The summed E-state index contributed by atoms with van der Waals surface area (Å²) in [7, 11) is 0. The number of hydrogen-bond acceptors (Lipinski definition) is 5. The predicted octanol–water partition coefficient (Wildman–Crippen LogP) is 3.34. The molecule has 2 aromatic heterocycles. The average molecular weight is 334 g/mol. The maximum absolute atomic E-state index is 12.5. The Kier molecular flexibility index (Phi) is 4.80.